The number of nitrogens with zero attached hydrogens (tertiary/aromatic N) is 3. The van der Waals surface area contributed by atoms with Gasteiger partial charge in [-0.3, -0.25) is 9.69 Å². The number of rotatable bonds is 3. The summed E-state index contributed by atoms with van der Waals surface area (Å²) in [6.07, 6.45) is 6.84. The second-order valence-corrected chi connectivity index (χ2v) is 8.95. The molecule has 3 aliphatic heterocycles. The van der Waals surface area contributed by atoms with E-state index in [-0.39, 0.29) is 0 Å². The third kappa shape index (κ3) is 4.36. The topological polar surface area (TPSA) is 38.8 Å². The summed E-state index contributed by atoms with van der Waals surface area (Å²) in [4.78, 5) is 20.4. The molecule has 5 heteroatoms. The largest absolute Gasteiger partial charge is 0.384 e. The Hall–Kier alpha value is -1.59. The van der Waals surface area contributed by atoms with Gasteiger partial charge in [0.1, 0.15) is 0 Å². The molecule has 2 fully saturated rings. The number of carbonyl (C=O) groups is 1. The first-order valence-electron chi connectivity index (χ1n) is 11.2. The number of fused-ring (bicyclic) bond motifs is 3. The van der Waals surface area contributed by atoms with Crippen LogP contribution < -0.4 is 5.32 Å². The molecule has 0 saturated carbocycles. The molecule has 0 radical (unpaired) electrons. The minimum atomic E-state index is 0.315. The molecule has 5 nitrogen and oxygen atoms in total. The maximum Gasteiger partial charge on any atom is 0.224 e. The number of carbonyl (C=O) groups excluding carboxylic acids is 1. The standard InChI is InChI=1S/C23H36N4O/c1-18-6-5-7-19-16-27(22(28)11-15-26-13-3-4-14-26)17-21-9-8-20(25(21)2)10-12-24-23(18)19/h5-7,20-21,24H,3-4,8-17H2,1-2H3. The van der Waals surface area contributed by atoms with E-state index in [9.17, 15) is 4.79 Å². The van der Waals surface area contributed by atoms with Gasteiger partial charge in [-0.25, -0.2) is 0 Å². The zero-order valence-electron chi connectivity index (χ0n) is 17.6. The lowest BCUT2D eigenvalue weighted by Crippen LogP contribution is -2.44. The molecule has 4 rings (SSSR count). The normalized spacial score (nSPS) is 26.6. The maximum atomic E-state index is 13.2. The number of benzene rings is 1. The maximum absolute atomic E-state index is 13.2. The molecule has 28 heavy (non-hydrogen) atoms. The molecule has 0 spiro atoms. The molecule has 3 aliphatic rings. The van der Waals surface area contributed by atoms with Crippen LogP contribution in [0.3, 0.4) is 0 Å². The fraction of sp³-hybridized carbons (Fsp3) is 0.696. The predicted molar refractivity (Wildman–Crippen MR) is 115 cm³/mol. The van der Waals surface area contributed by atoms with Gasteiger partial charge in [-0.2, -0.15) is 0 Å². The Morgan fingerprint density at radius 1 is 1.14 bits per heavy atom. The number of anilines is 1. The quantitative estimate of drug-likeness (QED) is 0.869. The summed E-state index contributed by atoms with van der Waals surface area (Å²) in [6.45, 7) is 7.98. The molecule has 1 aromatic rings. The van der Waals surface area contributed by atoms with E-state index in [1.54, 1.807) is 0 Å². The van der Waals surface area contributed by atoms with Gasteiger partial charge in [-0.05, 0) is 70.3 Å². The zero-order chi connectivity index (χ0) is 19.5. The number of amides is 1. The minimum absolute atomic E-state index is 0.315. The lowest BCUT2D eigenvalue weighted by atomic mass is 10.0. The average Bonchev–Trinajstić information content (AvgIpc) is 3.31. The van der Waals surface area contributed by atoms with Crippen LogP contribution in [0.4, 0.5) is 5.69 Å². The molecule has 3 heterocycles. The molecule has 2 bridgehead atoms. The van der Waals surface area contributed by atoms with Crippen molar-refractivity contribution in [1.29, 1.82) is 0 Å². The van der Waals surface area contributed by atoms with Gasteiger partial charge >= 0.3 is 0 Å². The number of likely N-dealkylation sites (N-methyl/N-ethyl adjacent to an activating group) is 1. The van der Waals surface area contributed by atoms with Crippen LogP contribution in [-0.2, 0) is 11.3 Å². The highest BCUT2D eigenvalue weighted by molar-refractivity contribution is 5.77. The molecule has 0 aromatic heterocycles. The number of aryl methyl sites for hydroxylation is 1. The summed E-state index contributed by atoms with van der Waals surface area (Å²) in [5.74, 6) is 0.315. The van der Waals surface area contributed by atoms with Gasteiger partial charge in [-0.15, -0.1) is 0 Å². The van der Waals surface area contributed by atoms with Crippen molar-refractivity contribution in [2.45, 2.75) is 64.1 Å². The molecule has 1 aromatic carbocycles. The van der Waals surface area contributed by atoms with Crippen molar-refractivity contribution >= 4 is 11.6 Å². The van der Waals surface area contributed by atoms with E-state index < -0.39 is 0 Å². The third-order valence-corrected chi connectivity index (χ3v) is 7.11. The molecule has 2 atom stereocenters. The van der Waals surface area contributed by atoms with Gasteiger partial charge in [0.15, 0.2) is 0 Å². The van der Waals surface area contributed by atoms with E-state index in [2.05, 4.69) is 52.2 Å². The van der Waals surface area contributed by atoms with Gasteiger partial charge in [0.25, 0.3) is 0 Å². The van der Waals surface area contributed by atoms with Crippen LogP contribution in [0.5, 0.6) is 0 Å². The Morgan fingerprint density at radius 3 is 2.75 bits per heavy atom. The molecule has 2 saturated heterocycles. The Kier molecular flexibility index (Phi) is 6.22. The predicted octanol–water partition coefficient (Wildman–Crippen LogP) is 3.09. The molecule has 2 unspecified atom stereocenters. The van der Waals surface area contributed by atoms with Gasteiger partial charge in [0.2, 0.25) is 5.91 Å². The molecule has 0 aliphatic carbocycles. The van der Waals surface area contributed by atoms with E-state index in [1.165, 1.54) is 48.9 Å². The van der Waals surface area contributed by atoms with Gasteiger partial charge in [0.05, 0.1) is 0 Å². The zero-order valence-corrected chi connectivity index (χ0v) is 17.6. The van der Waals surface area contributed by atoms with Crippen LogP contribution >= 0.6 is 0 Å². The minimum Gasteiger partial charge on any atom is -0.384 e. The van der Waals surface area contributed by atoms with Crippen LogP contribution in [-0.4, -0.2) is 72.5 Å². The van der Waals surface area contributed by atoms with E-state index in [0.29, 0.717) is 24.4 Å². The smallest absolute Gasteiger partial charge is 0.224 e. The third-order valence-electron chi connectivity index (χ3n) is 7.11. The summed E-state index contributed by atoms with van der Waals surface area (Å²) >= 11 is 0. The summed E-state index contributed by atoms with van der Waals surface area (Å²) in [5, 5.41) is 3.70. The lowest BCUT2D eigenvalue weighted by Gasteiger charge is -2.31. The summed E-state index contributed by atoms with van der Waals surface area (Å²) in [5.41, 5.74) is 3.77. The van der Waals surface area contributed by atoms with Crippen molar-refractivity contribution in [2.75, 3.05) is 45.1 Å². The van der Waals surface area contributed by atoms with Crippen molar-refractivity contribution in [2.24, 2.45) is 0 Å². The Labute approximate surface area is 170 Å². The van der Waals surface area contributed by atoms with Gasteiger partial charge in [-0.1, -0.05) is 18.2 Å². The second kappa shape index (κ2) is 8.83. The fourth-order valence-corrected chi connectivity index (χ4v) is 5.27. The number of hydrogen-bond acceptors (Lipinski definition) is 4. The second-order valence-electron chi connectivity index (χ2n) is 8.95. The summed E-state index contributed by atoms with van der Waals surface area (Å²) in [6, 6.07) is 7.61. The van der Waals surface area contributed by atoms with Crippen LogP contribution in [0.2, 0.25) is 0 Å². The van der Waals surface area contributed by atoms with Crippen LogP contribution in [0.15, 0.2) is 18.2 Å². The van der Waals surface area contributed by atoms with E-state index >= 15 is 0 Å². The number of nitrogens with one attached hydrogen (secondary N) is 1. The van der Waals surface area contributed by atoms with Crippen molar-refractivity contribution in [3.63, 3.8) is 0 Å². The summed E-state index contributed by atoms with van der Waals surface area (Å²) in [7, 11) is 2.26. The SMILES string of the molecule is Cc1cccc2c1NCCC1CCC(CN(C(=O)CCN3CCCC3)C2)N1C. The summed E-state index contributed by atoms with van der Waals surface area (Å²) < 4.78 is 0. The van der Waals surface area contributed by atoms with Crippen molar-refractivity contribution in [1.82, 2.24) is 14.7 Å². The lowest BCUT2D eigenvalue weighted by molar-refractivity contribution is -0.132. The highest BCUT2D eigenvalue weighted by atomic mass is 16.2. The average molecular weight is 385 g/mol. The Balaban J connectivity index is 1.54. The highest BCUT2D eigenvalue weighted by Gasteiger charge is 2.33. The number of hydrogen-bond donors (Lipinski definition) is 1. The van der Waals surface area contributed by atoms with E-state index in [0.717, 1.165) is 39.3 Å². The first-order chi connectivity index (χ1) is 13.6. The molecular weight excluding hydrogens is 348 g/mol. The van der Waals surface area contributed by atoms with Gasteiger partial charge < -0.3 is 15.1 Å². The molecular formula is C23H36N4O. The monoisotopic (exact) mass is 384 g/mol. The van der Waals surface area contributed by atoms with Crippen LogP contribution in [0.25, 0.3) is 0 Å². The fourth-order valence-electron chi connectivity index (χ4n) is 5.27. The molecule has 154 valence electrons. The highest BCUT2D eigenvalue weighted by Crippen LogP contribution is 2.29. The Morgan fingerprint density at radius 2 is 1.93 bits per heavy atom. The van der Waals surface area contributed by atoms with E-state index in [1.807, 2.05) is 0 Å². The van der Waals surface area contributed by atoms with Crippen molar-refractivity contribution in [3.8, 4) is 0 Å². The van der Waals surface area contributed by atoms with E-state index in [4.69, 9.17) is 0 Å². The first kappa shape index (κ1) is 19.7. The number of para-hydroxylation sites is 1. The Bertz CT molecular complexity index is 685. The molecule has 1 N–H and O–H groups in total. The van der Waals surface area contributed by atoms with Crippen LogP contribution in [0.1, 0.15) is 49.7 Å². The van der Waals surface area contributed by atoms with Crippen LogP contribution in [0, 0.1) is 6.92 Å². The van der Waals surface area contributed by atoms with Gasteiger partial charge in [0, 0.05) is 50.4 Å². The number of likely N-dealkylation sites (tertiary alicyclic amines) is 1. The molecule has 1 amide bonds. The first-order valence-corrected chi connectivity index (χ1v) is 11.2. The van der Waals surface area contributed by atoms with Crippen molar-refractivity contribution < 1.29 is 4.79 Å². The van der Waals surface area contributed by atoms with Crippen molar-refractivity contribution in [3.05, 3.63) is 29.3 Å².